The van der Waals surface area contributed by atoms with Crippen LogP contribution in [0.4, 0.5) is 0 Å². The number of aryl methyl sites for hydroxylation is 3. The molecule has 2 aliphatic rings. The van der Waals surface area contributed by atoms with Crippen LogP contribution in [-0.4, -0.2) is 48.0 Å². The number of esters is 1. The van der Waals surface area contributed by atoms with Crippen molar-refractivity contribution >= 4 is 23.5 Å². The number of hydrogen-bond donors (Lipinski definition) is 1. The molecule has 0 bridgehead atoms. The molecule has 2 aliphatic heterocycles. The van der Waals surface area contributed by atoms with Gasteiger partial charge in [0.1, 0.15) is 5.69 Å². The number of carbonyl (C=O) groups is 2. The molecule has 1 amide bonds. The second kappa shape index (κ2) is 9.63. The largest absolute Gasteiger partial charge is 0.462 e. The normalized spacial score (nSPS) is 17.5. The van der Waals surface area contributed by atoms with E-state index in [-0.39, 0.29) is 17.3 Å². The number of nitrogens with zero attached hydrogens (tertiary/aromatic N) is 2. The zero-order chi connectivity index (χ0) is 22.7. The summed E-state index contributed by atoms with van der Waals surface area (Å²) < 4.78 is 12.8. The Morgan fingerprint density at radius 3 is 2.84 bits per heavy atom. The summed E-state index contributed by atoms with van der Waals surface area (Å²) in [6.45, 7) is 6.90. The van der Waals surface area contributed by atoms with Crippen LogP contribution in [0.15, 0.2) is 18.2 Å². The van der Waals surface area contributed by atoms with Gasteiger partial charge in [-0.3, -0.25) is 9.48 Å². The molecule has 0 radical (unpaired) electrons. The highest BCUT2D eigenvalue weighted by Gasteiger charge is 2.39. The summed E-state index contributed by atoms with van der Waals surface area (Å²) in [7, 11) is 0. The third-order valence-corrected chi connectivity index (χ3v) is 6.99. The van der Waals surface area contributed by atoms with E-state index in [0.29, 0.717) is 48.8 Å². The van der Waals surface area contributed by atoms with E-state index in [9.17, 15) is 9.59 Å². The van der Waals surface area contributed by atoms with Crippen molar-refractivity contribution in [3.63, 3.8) is 0 Å². The zero-order valence-electron chi connectivity index (χ0n) is 18.7. The second-order valence-corrected chi connectivity index (χ2v) is 9.17. The van der Waals surface area contributed by atoms with Gasteiger partial charge >= 0.3 is 5.97 Å². The Morgan fingerprint density at radius 2 is 2.12 bits per heavy atom. The number of rotatable bonds is 6. The van der Waals surface area contributed by atoms with Crippen molar-refractivity contribution in [2.24, 2.45) is 5.41 Å². The number of aromatic nitrogens is 2. The Kier molecular flexibility index (Phi) is 6.86. The molecule has 8 heteroatoms. The quantitative estimate of drug-likeness (QED) is 0.525. The topological polar surface area (TPSA) is 82.5 Å². The zero-order valence-corrected chi connectivity index (χ0v) is 19.5. The van der Waals surface area contributed by atoms with Crippen LogP contribution >= 0.6 is 11.6 Å². The number of nitrogens with one attached hydrogen (secondary N) is 1. The molecule has 1 saturated heterocycles. The van der Waals surface area contributed by atoms with Gasteiger partial charge in [-0.1, -0.05) is 11.6 Å². The minimum atomic E-state index is -0.358. The van der Waals surface area contributed by atoms with Crippen molar-refractivity contribution in [1.82, 2.24) is 15.1 Å². The molecule has 1 spiro atoms. The van der Waals surface area contributed by atoms with E-state index in [1.807, 2.05) is 13.8 Å². The third-order valence-electron chi connectivity index (χ3n) is 6.56. The van der Waals surface area contributed by atoms with Gasteiger partial charge in [0.2, 0.25) is 0 Å². The Bertz CT molecular complexity index is 1010. The van der Waals surface area contributed by atoms with Crippen molar-refractivity contribution < 1.29 is 19.1 Å². The van der Waals surface area contributed by atoms with Crippen molar-refractivity contribution in [3.8, 4) is 0 Å². The van der Waals surface area contributed by atoms with Crippen LogP contribution in [0.25, 0.3) is 0 Å². The highest BCUT2D eigenvalue weighted by Crippen LogP contribution is 2.37. The summed E-state index contributed by atoms with van der Waals surface area (Å²) in [5.41, 5.74) is 4.02. The van der Waals surface area contributed by atoms with E-state index in [2.05, 4.69) is 5.32 Å². The molecule has 1 N–H and O–H groups in total. The predicted molar refractivity (Wildman–Crippen MR) is 121 cm³/mol. The molecule has 0 aliphatic carbocycles. The molecule has 7 nitrogen and oxygen atoms in total. The molecule has 1 aromatic heterocycles. The first-order valence-electron chi connectivity index (χ1n) is 11.3. The van der Waals surface area contributed by atoms with Gasteiger partial charge in [-0.15, -0.1) is 0 Å². The lowest BCUT2D eigenvalue weighted by Gasteiger charge is -2.36. The molecule has 172 valence electrons. The van der Waals surface area contributed by atoms with Crippen LogP contribution in [0.1, 0.15) is 63.9 Å². The fourth-order valence-electron chi connectivity index (χ4n) is 4.62. The third kappa shape index (κ3) is 4.69. The molecular formula is C24H30ClN3O4. The van der Waals surface area contributed by atoms with Crippen LogP contribution in [0, 0.1) is 12.3 Å². The Hall–Kier alpha value is -2.38. The summed E-state index contributed by atoms with van der Waals surface area (Å²) in [5, 5.41) is 8.50. The van der Waals surface area contributed by atoms with Gasteiger partial charge in [-0.25, -0.2) is 4.79 Å². The maximum Gasteiger partial charge on any atom is 0.338 e. The molecule has 3 heterocycles. The van der Waals surface area contributed by atoms with Crippen LogP contribution in [0.3, 0.4) is 0 Å². The Labute approximate surface area is 193 Å². The van der Waals surface area contributed by atoms with Crippen LogP contribution in [0.5, 0.6) is 0 Å². The summed E-state index contributed by atoms with van der Waals surface area (Å²) in [4.78, 5) is 25.2. The monoisotopic (exact) mass is 459 g/mol. The molecule has 0 atom stereocenters. The van der Waals surface area contributed by atoms with E-state index in [1.165, 1.54) is 0 Å². The summed E-state index contributed by atoms with van der Waals surface area (Å²) in [5.74, 6) is -0.406. The maximum absolute atomic E-state index is 12.9. The molecule has 2 aromatic rings. The van der Waals surface area contributed by atoms with Crippen molar-refractivity contribution in [2.45, 2.75) is 52.5 Å². The molecule has 1 aromatic carbocycles. The average Bonchev–Trinajstić information content (AvgIpc) is 3.07. The van der Waals surface area contributed by atoms with Gasteiger partial charge in [0, 0.05) is 36.9 Å². The molecule has 0 unspecified atom stereocenters. The number of amides is 1. The van der Waals surface area contributed by atoms with Crippen molar-refractivity contribution in [2.75, 3.05) is 26.4 Å². The smallest absolute Gasteiger partial charge is 0.338 e. The maximum atomic E-state index is 12.9. The number of ether oxygens (including phenoxy) is 2. The fraction of sp³-hybridized carbons (Fsp3) is 0.542. The molecule has 32 heavy (non-hydrogen) atoms. The van der Waals surface area contributed by atoms with Crippen LogP contribution in [-0.2, 0) is 28.9 Å². The molecular weight excluding hydrogens is 430 g/mol. The molecule has 1 fully saturated rings. The van der Waals surface area contributed by atoms with E-state index < -0.39 is 0 Å². The van der Waals surface area contributed by atoms with E-state index in [0.717, 1.165) is 49.3 Å². The Morgan fingerprint density at radius 1 is 1.34 bits per heavy atom. The number of hydrogen-bond acceptors (Lipinski definition) is 5. The number of carbonyl (C=O) groups excluding carboxylic acids is 2. The van der Waals surface area contributed by atoms with E-state index >= 15 is 0 Å². The first-order valence-corrected chi connectivity index (χ1v) is 11.7. The number of fused-ring (bicyclic) bond motifs is 1. The van der Waals surface area contributed by atoms with E-state index in [1.54, 1.807) is 22.9 Å². The van der Waals surface area contributed by atoms with Gasteiger partial charge in [-0.2, -0.15) is 5.10 Å². The van der Waals surface area contributed by atoms with Gasteiger partial charge in [0.15, 0.2) is 0 Å². The lowest BCUT2D eigenvalue weighted by atomic mass is 9.75. The summed E-state index contributed by atoms with van der Waals surface area (Å²) >= 11 is 6.03. The van der Waals surface area contributed by atoms with Crippen molar-refractivity contribution in [3.05, 3.63) is 51.3 Å². The number of halogens is 1. The molecule has 4 rings (SSSR count). The molecule has 0 saturated carbocycles. The van der Waals surface area contributed by atoms with E-state index in [4.69, 9.17) is 26.2 Å². The fourth-order valence-corrected chi connectivity index (χ4v) is 4.74. The van der Waals surface area contributed by atoms with Gasteiger partial charge in [-0.05, 0) is 75.1 Å². The first-order chi connectivity index (χ1) is 15.4. The minimum Gasteiger partial charge on any atom is -0.462 e. The van der Waals surface area contributed by atoms with Crippen LogP contribution < -0.4 is 5.32 Å². The van der Waals surface area contributed by atoms with Gasteiger partial charge in [0.05, 0.1) is 17.9 Å². The summed E-state index contributed by atoms with van der Waals surface area (Å²) in [6.07, 6.45) is 3.98. The SMILES string of the molecule is CCn1nc(CCCOC(=O)c2ccc(Cl)c(C)c2)c2c1C(=O)NCC1(CCOCC1)C2. The Balaban J connectivity index is 1.44. The standard InChI is InChI=1S/C24H30ClN3O4/c1-3-28-21-18(14-24(15-26-22(21)29)8-11-31-12-9-24)20(27-28)5-4-10-32-23(30)17-6-7-19(25)16(2)13-17/h6-7,13H,3-5,8-12,14-15H2,1-2H3,(H,26,29). The minimum absolute atomic E-state index is 0.0222. The predicted octanol–water partition coefficient (Wildman–Crippen LogP) is 3.74. The average molecular weight is 460 g/mol. The summed E-state index contributed by atoms with van der Waals surface area (Å²) in [6, 6.07) is 5.11. The lowest BCUT2D eigenvalue weighted by Crippen LogP contribution is -2.40. The lowest BCUT2D eigenvalue weighted by molar-refractivity contribution is 0.0160. The van der Waals surface area contributed by atoms with Gasteiger partial charge < -0.3 is 14.8 Å². The highest BCUT2D eigenvalue weighted by molar-refractivity contribution is 6.31. The number of benzene rings is 1. The first kappa shape index (κ1) is 22.8. The van der Waals surface area contributed by atoms with Crippen LogP contribution in [0.2, 0.25) is 5.02 Å². The highest BCUT2D eigenvalue weighted by atomic mass is 35.5. The van der Waals surface area contributed by atoms with Crippen molar-refractivity contribution in [1.29, 1.82) is 0 Å². The van der Waals surface area contributed by atoms with Gasteiger partial charge in [0.25, 0.3) is 5.91 Å². The second-order valence-electron chi connectivity index (χ2n) is 8.76.